The van der Waals surface area contributed by atoms with Gasteiger partial charge >= 0.3 is 0 Å². The van der Waals surface area contributed by atoms with Gasteiger partial charge in [-0.1, -0.05) is 60.3 Å². The number of para-hydroxylation sites is 3. The van der Waals surface area contributed by atoms with E-state index in [0.29, 0.717) is 38.9 Å². The van der Waals surface area contributed by atoms with E-state index >= 15 is 0 Å². The van der Waals surface area contributed by atoms with E-state index in [2.05, 4.69) is 10.2 Å². The summed E-state index contributed by atoms with van der Waals surface area (Å²) in [5.74, 6) is 1.39. The molecule has 34 heavy (non-hydrogen) atoms. The molecule has 0 atom stereocenters. The van der Waals surface area contributed by atoms with E-state index < -0.39 is 4.92 Å². The van der Waals surface area contributed by atoms with Crippen LogP contribution in [-0.4, -0.2) is 31.2 Å². The number of benzene rings is 3. The second-order valence-corrected chi connectivity index (χ2v) is 8.46. The number of methoxy groups -OCH3 is 1. The van der Waals surface area contributed by atoms with Crippen LogP contribution < -0.4 is 10.3 Å². The third-order valence-electron chi connectivity index (χ3n) is 5.54. The number of hydrogen-bond acceptors (Lipinski definition) is 7. The summed E-state index contributed by atoms with van der Waals surface area (Å²) in [5, 5.41) is 21.1. The van der Waals surface area contributed by atoms with Crippen LogP contribution in [0.5, 0.6) is 5.75 Å². The number of nitro benzene ring substituents is 1. The number of thioether (sulfide) groups is 1. The molecule has 0 N–H and O–H groups in total. The van der Waals surface area contributed by atoms with Gasteiger partial charge < -0.3 is 4.74 Å². The Balaban J connectivity index is 1.63. The zero-order chi connectivity index (χ0) is 23.7. The highest BCUT2D eigenvalue weighted by Crippen LogP contribution is 2.29. The van der Waals surface area contributed by atoms with Crippen molar-refractivity contribution in [3.63, 3.8) is 0 Å². The maximum absolute atomic E-state index is 13.4. The smallest absolute Gasteiger partial charge is 0.273 e. The number of nitrogens with zero attached hydrogens (tertiary/aromatic N) is 5. The van der Waals surface area contributed by atoms with Gasteiger partial charge in [0.2, 0.25) is 5.78 Å². The molecule has 0 aliphatic heterocycles. The SMILES string of the molecule is COc1ccccc1Cn1c(=O)c2ccccc2n2c(SCc3ccccc3[N+](=O)[O-])nnc12. The van der Waals surface area contributed by atoms with Crippen molar-refractivity contribution in [2.75, 3.05) is 7.11 Å². The summed E-state index contributed by atoms with van der Waals surface area (Å²) in [6.45, 7) is 0.254. The van der Waals surface area contributed by atoms with E-state index in [-0.39, 0.29) is 17.8 Å². The molecule has 0 saturated heterocycles. The zero-order valence-electron chi connectivity index (χ0n) is 18.1. The predicted octanol–water partition coefficient (Wildman–Crippen LogP) is 4.30. The van der Waals surface area contributed by atoms with Crippen LogP contribution in [0.2, 0.25) is 0 Å². The fraction of sp³-hybridized carbons (Fsp3) is 0.125. The number of rotatable bonds is 7. The van der Waals surface area contributed by atoms with Crippen LogP contribution in [0, 0.1) is 10.1 Å². The Bertz CT molecular complexity index is 1590. The summed E-state index contributed by atoms with van der Waals surface area (Å²) in [4.78, 5) is 24.4. The quantitative estimate of drug-likeness (QED) is 0.197. The van der Waals surface area contributed by atoms with E-state index in [1.165, 1.54) is 17.8 Å². The highest BCUT2D eigenvalue weighted by Gasteiger charge is 2.19. The van der Waals surface area contributed by atoms with Gasteiger partial charge in [-0.15, -0.1) is 10.2 Å². The summed E-state index contributed by atoms with van der Waals surface area (Å²) in [7, 11) is 1.59. The number of ether oxygens (including phenoxy) is 1. The fourth-order valence-corrected chi connectivity index (χ4v) is 4.86. The second-order valence-electron chi connectivity index (χ2n) is 7.51. The summed E-state index contributed by atoms with van der Waals surface area (Å²) in [5.41, 5.74) is 1.97. The lowest BCUT2D eigenvalue weighted by Gasteiger charge is -2.13. The average molecular weight is 474 g/mol. The van der Waals surface area contributed by atoms with Gasteiger partial charge in [0.05, 0.1) is 29.5 Å². The molecule has 0 radical (unpaired) electrons. The Morgan fingerprint density at radius 1 is 0.971 bits per heavy atom. The normalized spacial score (nSPS) is 11.2. The van der Waals surface area contributed by atoms with E-state index in [1.54, 1.807) is 35.9 Å². The molecule has 0 spiro atoms. The van der Waals surface area contributed by atoms with Gasteiger partial charge in [0.1, 0.15) is 5.75 Å². The lowest BCUT2D eigenvalue weighted by atomic mass is 10.2. The van der Waals surface area contributed by atoms with Crippen molar-refractivity contribution in [1.82, 2.24) is 19.2 Å². The molecule has 3 aromatic carbocycles. The summed E-state index contributed by atoms with van der Waals surface area (Å²) >= 11 is 1.33. The first kappa shape index (κ1) is 21.7. The van der Waals surface area contributed by atoms with Crippen molar-refractivity contribution in [1.29, 1.82) is 0 Å². The van der Waals surface area contributed by atoms with Crippen molar-refractivity contribution in [3.05, 3.63) is 104 Å². The lowest BCUT2D eigenvalue weighted by Crippen LogP contribution is -2.24. The van der Waals surface area contributed by atoms with Crippen molar-refractivity contribution >= 4 is 34.1 Å². The molecular formula is C24H19N5O4S. The van der Waals surface area contributed by atoms with Crippen LogP contribution >= 0.6 is 11.8 Å². The van der Waals surface area contributed by atoms with Crippen LogP contribution in [0.4, 0.5) is 5.69 Å². The molecule has 2 aromatic heterocycles. The highest BCUT2D eigenvalue weighted by atomic mass is 32.2. The minimum atomic E-state index is -0.391. The molecule has 5 rings (SSSR count). The summed E-state index contributed by atoms with van der Waals surface area (Å²) < 4.78 is 8.86. The topological polar surface area (TPSA) is 105 Å². The summed E-state index contributed by atoms with van der Waals surface area (Å²) in [6, 6.07) is 21.4. The molecule has 2 heterocycles. The van der Waals surface area contributed by atoms with Crippen LogP contribution in [0.3, 0.4) is 0 Å². The van der Waals surface area contributed by atoms with Crippen LogP contribution in [-0.2, 0) is 12.3 Å². The molecule has 0 bridgehead atoms. The minimum absolute atomic E-state index is 0.0572. The first-order valence-corrected chi connectivity index (χ1v) is 11.4. The first-order valence-electron chi connectivity index (χ1n) is 10.4. The molecule has 0 saturated carbocycles. The Kier molecular flexibility index (Phi) is 5.72. The van der Waals surface area contributed by atoms with Crippen molar-refractivity contribution in [3.8, 4) is 5.75 Å². The van der Waals surface area contributed by atoms with Crippen molar-refractivity contribution in [2.45, 2.75) is 17.5 Å². The number of aromatic nitrogens is 4. The van der Waals surface area contributed by atoms with E-state index in [1.807, 2.05) is 46.9 Å². The Morgan fingerprint density at radius 3 is 2.47 bits per heavy atom. The van der Waals surface area contributed by atoms with Crippen molar-refractivity contribution < 1.29 is 9.66 Å². The van der Waals surface area contributed by atoms with E-state index in [9.17, 15) is 14.9 Å². The monoisotopic (exact) mass is 473 g/mol. The second kappa shape index (κ2) is 8.99. The molecule has 9 nitrogen and oxygen atoms in total. The fourth-order valence-electron chi connectivity index (χ4n) is 3.93. The van der Waals surface area contributed by atoms with E-state index in [4.69, 9.17) is 4.74 Å². The number of fused-ring (bicyclic) bond motifs is 3. The maximum atomic E-state index is 13.4. The van der Waals surface area contributed by atoms with Crippen LogP contribution in [0.1, 0.15) is 11.1 Å². The molecule has 5 aromatic rings. The molecule has 0 amide bonds. The molecular weight excluding hydrogens is 454 g/mol. The van der Waals surface area contributed by atoms with Gasteiger partial charge in [0.25, 0.3) is 11.2 Å². The molecule has 0 aliphatic carbocycles. The Labute approximate surface area is 197 Å². The lowest BCUT2D eigenvalue weighted by molar-refractivity contribution is -0.385. The largest absolute Gasteiger partial charge is 0.496 e. The minimum Gasteiger partial charge on any atom is -0.496 e. The van der Waals surface area contributed by atoms with Crippen molar-refractivity contribution in [2.24, 2.45) is 0 Å². The molecule has 0 fully saturated rings. The molecule has 10 heteroatoms. The maximum Gasteiger partial charge on any atom is 0.273 e. The van der Waals surface area contributed by atoms with Gasteiger partial charge in [0.15, 0.2) is 5.16 Å². The molecule has 0 unspecified atom stereocenters. The van der Waals surface area contributed by atoms with Crippen LogP contribution in [0.15, 0.2) is 82.7 Å². The standard InChI is InChI=1S/C24H19N5O4S/c1-33-21-13-7-3-8-16(21)14-27-22(30)18-10-4-6-12-20(18)28-23(27)25-26-24(28)34-15-17-9-2-5-11-19(17)29(31)32/h2-13H,14-15H2,1H3. The van der Waals surface area contributed by atoms with Gasteiger partial charge in [-0.3, -0.25) is 23.9 Å². The predicted molar refractivity (Wildman–Crippen MR) is 130 cm³/mol. The Morgan fingerprint density at radius 2 is 1.68 bits per heavy atom. The zero-order valence-corrected chi connectivity index (χ0v) is 18.9. The molecule has 0 aliphatic rings. The van der Waals surface area contributed by atoms with Crippen LogP contribution in [0.25, 0.3) is 16.7 Å². The van der Waals surface area contributed by atoms with E-state index in [0.717, 1.165) is 5.56 Å². The van der Waals surface area contributed by atoms with Gasteiger partial charge in [0, 0.05) is 22.9 Å². The average Bonchev–Trinajstić information content (AvgIpc) is 3.29. The third kappa shape index (κ3) is 3.77. The highest BCUT2D eigenvalue weighted by molar-refractivity contribution is 7.98. The summed E-state index contributed by atoms with van der Waals surface area (Å²) in [6.07, 6.45) is 0. The third-order valence-corrected chi connectivity index (χ3v) is 6.52. The van der Waals surface area contributed by atoms with Gasteiger partial charge in [-0.2, -0.15) is 0 Å². The Hall–Kier alpha value is -4.18. The number of nitro groups is 1. The first-order chi connectivity index (χ1) is 16.6. The molecule has 170 valence electrons. The number of hydrogen-bond donors (Lipinski definition) is 0. The van der Waals surface area contributed by atoms with Gasteiger partial charge in [-0.25, -0.2) is 0 Å². The van der Waals surface area contributed by atoms with Gasteiger partial charge in [-0.05, 0) is 18.2 Å².